The second-order valence-corrected chi connectivity index (χ2v) is 17.5. The molecule has 2 aliphatic heterocycles. The highest BCUT2D eigenvalue weighted by Gasteiger charge is 2.29. The third-order valence-corrected chi connectivity index (χ3v) is 13.5. The summed E-state index contributed by atoms with van der Waals surface area (Å²) in [5.74, 6) is -2.49. The minimum absolute atomic E-state index is 0.0460. The van der Waals surface area contributed by atoms with Crippen molar-refractivity contribution in [2.75, 3.05) is 23.0 Å². The predicted octanol–water partition coefficient (Wildman–Crippen LogP) is 7.92. The van der Waals surface area contributed by atoms with Crippen molar-refractivity contribution in [3.05, 3.63) is 101 Å². The fourth-order valence-corrected chi connectivity index (χ4v) is 10.2. The molecule has 6 aromatic rings. The molecule has 0 spiro atoms. The Morgan fingerprint density at radius 2 is 1.14 bits per heavy atom. The number of aryl methyl sites for hydroxylation is 4. The van der Waals surface area contributed by atoms with Crippen LogP contribution in [-0.4, -0.2) is 52.3 Å². The zero-order chi connectivity index (χ0) is 53.3. The summed E-state index contributed by atoms with van der Waals surface area (Å²) in [4.78, 5) is 24.9. The summed E-state index contributed by atoms with van der Waals surface area (Å²) in [6.07, 6.45) is -0.998. The molecule has 0 amide bonds. The third kappa shape index (κ3) is 8.38. The summed E-state index contributed by atoms with van der Waals surface area (Å²) in [6, 6.07) is 7.16. The first-order valence-corrected chi connectivity index (χ1v) is 21.1. The van der Waals surface area contributed by atoms with Gasteiger partial charge in [0.15, 0.2) is 34.6 Å². The molecule has 2 N–H and O–H groups in total. The Morgan fingerprint density at radius 1 is 0.707 bits per heavy atom. The molecule has 0 aliphatic carbocycles. The Hall–Kier alpha value is -5.12. The van der Waals surface area contributed by atoms with Gasteiger partial charge in [-0.05, 0) is 96.8 Å². The molecule has 8 rings (SSSR count). The molecule has 16 nitrogen and oxygen atoms in total. The zero-order valence-corrected chi connectivity index (χ0v) is 33.2. The van der Waals surface area contributed by atoms with E-state index in [4.69, 9.17) is 70.4 Å². The van der Waals surface area contributed by atoms with Gasteiger partial charge in [0.1, 0.15) is 34.0 Å². The Morgan fingerprint density at radius 3 is 1.57 bits per heavy atom. The van der Waals surface area contributed by atoms with Crippen LogP contribution < -0.4 is 28.4 Å². The number of thiophene rings is 2. The van der Waals surface area contributed by atoms with E-state index in [9.17, 15) is 26.4 Å². The second kappa shape index (κ2) is 16.3. The van der Waals surface area contributed by atoms with E-state index >= 15 is 0 Å². The van der Waals surface area contributed by atoms with Crippen LogP contribution in [0, 0.1) is 27.4 Å². The molecule has 2 aliphatic rings. The van der Waals surface area contributed by atoms with Gasteiger partial charge in [-0.3, -0.25) is 9.59 Å². The summed E-state index contributed by atoms with van der Waals surface area (Å²) in [5, 5.41) is 8.13. The number of fused-ring (bicyclic) bond motifs is 2. The van der Waals surface area contributed by atoms with Crippen LogP contribution in [0.25, 0.3) is 0 Å². The lowest BCUT2D eigenvalue weighted by atomic mass is 10.0. The van der Waals surface area contributed by atoms with Crippen LogP contribution in [0.3, 0.4) is 0 Å². The molecule has 0 fully saturated rings. The number of carbonyl (C=O) groups is 2. The summed E-state index contributed by atoms with van der Waals surface area (Å²) in [7, 11) is -8.98. The standard InChI is InChI=1S/2C18H15ClN2O6S2/c2*1-9-5-13-14(26-8-25-13)7-11(9)6-12(22)17-15(3-4-28-17)29(23,24)21-18-16(19)10(2)20-27-18/h2*3-5,7,21H,6,8H2,1-2H3/i1D3,2D3,8D2;1D3,2D3. The van der Waals surface area contributed by atoms with E-state index in [1.54, 1.807) is 0 Å². The molecule has 0 saturated carbocycles. The summed E-state index contributed by atoms with van der Waals surface area (Å²) in [5.41, 5.74) is -1.62. The van der Waals surface area contributed by atoms with Crippen LogP contribution in [0.1, 0.15) is 72.2 Å². The number of sulfonamides is 2. The van der Waals surface area contributed by atoms with Gasteiger partial charge in [0.25, 0.3) is 31.8 Å². The first-order chi connectivity index (χ1) is 33.1. The van der Waals surface area contributed by atoms with Crippen molar-refractivity contribution in [1.29, 1.82) is 0 Å². The van der Waals surface area contributed by atoms with Crippen LogP contribution in [0.2, 0.25) is 10.0 Å². The summed E-state index contributed by atoms with van der Waals surface area (Å²) >= 11 is 13.4. The number of carbonyl (C=O) groups excluding carboxylic acids is 2. The maximum absolute atomic E-state index is 13.2. The fourth-order valence-electron chi connectivity index (χ4n) is 5.12. The predicted molar refractivity (Wildman–Crippen MR) is 213 cm³/mol. The molecule has 0 saturated heterocycles. The van der Waals surface area contributed by atoms with Crippen molar-refractivity contribution < 1.29 is 73.6 Å². The number of aromatic nitrogens is 2. The lowest BCUT2D eigenvalue weighted by molar-refractivity contribution is 0.0985. The monoisotopic (exact) mass is 922 g/mol. The van der Waals surface area contributed by atoms with Gasteiger partial charge in [-0.15, -0.1) is 22.7 Å². The molecule has 304 valence electrons. The molecular weight excluding hydrogens is 880 g/mol. The van der Waals surface area contributed by atoms with E-state index in [0.717, 1.165) is 40.9 Å². The van der Waals surface area contributed by atoms with Crippen molar-refractivity contribution >= 4 is 89.3 Å². The van der Waals surface area contributed by atoms with Crippen molar-refractivity contribution in [1.82, 2.24) is 10.3 Å². The quantitative estimate of drug-likeness (QED) is 0.112. The Bertz CT molecular complexity index is 3350. The van der Waals surface area contributed by atoms with Gasteiger partial charge >= 0.3 is 0 Å². The third-order valence-electron chi connectivity index (χ3n) is 7.84. The number of hydrogen-bond acceptors (Lipinski definition) is 16. The van der Waals surface area contributed by atoms with Crippen LogP contribution in [0.4, 0.5) is 11.8 Å². The van der Waals surface area contributed by atoms with Gasteiger partial charge < -0.3 is 28.0 Å². The van der Waals surface area contributed by atoms with Gasteiger partial charge in [0.05, 0.1) is 9.75 Å². The van der Waals surface area contributed by atoms with E-state index in [0.29, 0.717) is 0 Å². The number of rotatable bonds is 12. The smallest absolute Gasteiger partial charge is 0.265 e. The molecule has 6 heterocycles. The number of ether oxygens (including phenoxy) is 4. The number of halogens is 2. The molecule has 0 bridgehead atoms. The molecule has 0 unspecified atom stereocenters. The van der Waals surface area contributed by atoms with E-state index in [-0.39, 0.29) is 61.8 Å². The molecular formula is C36H30Cl2N4O12S4. The number of nitrogens with one attached hydrogen (secondary N) is 2. The van der Waals surface area contributed by atoms with Crippen LogP contribution in [0.5, 0.6) is 23.0 Å². The van der Waals surface area contributed by atoms with E-state index in [1.807, 2.05) is 9.44 Å². The molecule has 4 aromatic heterocycles. The van der Waals surface area contributed by atoms with Crippen LogP contribution >= 0.6 is 45.9 Å². The Balaban J connectivity index is 0.000000212. The lowest BCUT2D eigenvalue weighted by Gasteiger charge is -2.09. The molecule has 2 aromatic carbocycles. The number of hydrogen-bond donors (Lipinski definition) is 2. The van der Waals surface area contributed by atoms with Crippen LogP contribution in [0.15, 0.2) is 66.0 Å². The summed E-state index contributed by atoms with van der Waals surface area (Å²) < 4.78 is 192. The maximum atomic E-state index is 13.2. The number of Topliss-reactive ketones (excluding diaryl/α,β-unsaturated/α-hetero) is 2. The SMILES string of the molecule is [2H]C([2H])([2H])c1cc2c(cc1CC(=O)c1sccc1S(=O)(=O)Nc1onc(C([2H])([2H])[2H])c1Cl)OCO2.[2H]C1([2H])Oc2cc(CC(=O)c3sccc3S(=O)(=O)Nc3onc(C([2H])([2H])[2H])c3Cl)c(C([2H])([2H])[2H])cc2O1. The number of ketones is 2. The molecule has 22 heteroatoms. The van der Waals surface area contributed by atoms with Crippen molar-refractivity contribution in [3.63, 3.8) is 0 Å². The highest BCUT2D eigenvalue weighted by atomic mass is 35.5. The number of benzene rings is 2. The van der Waals surface area contributed by atoms with Crippen molar-refractivity contribution in [3.8, 4) is 23.0 Å². The number of nitrogens with zero attached hydrogens (tertiary/aromatic N) is 2. The highest BCUT2D eigenvalue weighted by Crippen LogP contribution is 2.38. The topological polar surface area (TPSA) is 215 Å². The maximum Gasteiger partial charge on any atom is 0.265 e. The fraction of sp³-hybridized carbons (Fsp3) is 0.222. The second-order valence-electron chi connectivity index (χ2n) is 11.6. The largest absolute Gasteiger partial charge is 0.454 e. The average molecular weight is 924 g/mol. The first kappa shape index (κ1) is 26.8. The highest BCUT2D eigenvalue weighted by molar-refractivity contribution is 7.93. The van der Waals surface area contributed by atoms with E-state index in [2.05, 4.69) is 10.3 Å². The van der Waals surface area contributed by atoms with Gasteiger partial charge in [-0.1, -0.05) is 33.5 Å². The van der Waals surface area contributed by atoms with E-state index in [1.165, 1.54) is 29.0 Å². The lowest BCUT2D eigenvalue weighted by Crippen LogP contribution is -2.16. The molecule has 0 radical (unpaired) electrons. The molecule has 58 heavy (non-hydrogen) atoms. The Kier molecular flexibility index (Phi) is 7.51. The molecule has 0 atom stereocenters. The minimum atomic E-state index is -4.52. The van der Waals surface area contributed by atoms with Crippen LogP contribution in [-0.2, 0) is 32.9 Å². The van der Waals surface area contributed by atoms with E-state index < -0.39 is 122 Å². The normalized spacial score (nSPS) is 18.2. The van der Waals surface area contributed by atoms with Crippen molar-refractivity contribution in [2.45, 2.75) is 50.0 Å². The zero-order valence-electron chi connectivity index (χ0n) is 42.4. The average Bonchev–Trinajstić information content (AvgIpc) is 4.09. The van der Waals surface area contributed by atoms with Gasteiger partial charge in [-0.2, -0.15) is 0 Å². The first-order valence-electron chi connectivity index (χ1n) is 22.6. The minimum Gasteiger partial charge on any atom is -0.454 e. The van der Waals surface area contributed by atoms with Gasteiger partial charge in [0.2, 0.25) is 13.5 Å². The van der Waals surface area contributed by atoms with Gasteiger partial charge in [-0.25, -0.2) is 26.3 Å². The van der Waals surface area contributed by atoms with Crippen molar-refractivity contribution in [2.24, 2.45) is 0 Å². The Labute approximate surface area is 368 Å². The number of anilines is 2. The van der Waals surface area contributed by atoms with Gasteiger partial charge in [0, 0.05) is 29.3 Å². The summed E-state index contributed by atoms with van der Waals surface area (Å²) in [6.45, 7) is -13.4.